The Morgan fingerprint density at radius 3 is 2.04 bits per heavy atom. The van der Waals surface area contributed by atoms with Crippen LogP contribution in [0.3, 0.4) is 0 Å². The van der Waals surface area contributed by atoms with Crippen molar-refractivity contribution in [2.75, 3.05) is 13.1 Å². The number of rotatable bonds is 3. The molecular formula is C19H25N3O3. The summed E-state index contributed by atoms with van der Waals surface area (Å²) in [5.74, 6) is -0.846. The Labute approximate surface area is 147 Å². The maximum atomic E-state index is 12.7. The van der Waals surface area contributed by atoms with Crippen molar-refractivity contribution in [2.45, 2.75) is 38.5 Å². The molecule has 0 atom stereocenters. The maximum Gasteiger partial charge on any atom is 0.306 e. The number of hydrogen-bond acceptors (Lipinski definition) is 3. The molecule has 1 amide bonds. The molecule has 1 saturated heterocycles. The predicted octanol–water partition coefficient (Wildman–Crippen LogP) is 2.47. The van der Waals surface area contributed by atoms with E-state index in [1.807, 2.05) is 4.90 Å². The van der Waals surface area contributed by atoms with Crippen LogP contribution >= 0.6 is 0 Å². The van der Waals surface area contributed by atoms with Gasteiger partial charge in [0.15, 0.2) is 0 Å². The third kappa shape index (κ3) is 3.67. The number of nitrogens with zero attached hydrogens (tertiary/aromatic N) is 1. The van der Waals surface area contributed by atoms with Gasteiger partial charge in [0.25, 0.3) is 5.91 Å². The first-order valence-electron chi connectivity index (χ1n) is 8.87. The fourth-order valence-electron chi connectivity index (χ4n) is 4.14. The average molecular weight is 343 g/mol. The zero-order valence-electron chi connectivity index (χ0n) is 14.3. The highest BCUT2D eigenvalue weighted by Crippen LogP contribution is 2.46. The van der Waals surface area contributed by atoms with E-state index in [1.165, 1.54) is 0 Å². The molecule has 0 aromatic heterocycles. The van der Waals surface area contributed by atoms with E-state index < -0.39 is 5.97 Å². The Bertz CT molecular complexity index is 666. The number of aliphatic carboxylic acids is 1. The Balaban J connectivity index is 1.58. The number of carbonyl (C=O) groups is 2. The molecule has 0 bridgehead atoms. The van der Waals surface area contributed by atoms with E-state index in [9.17, 15) is 9.59 Å². The monoisotopic (exact) mass is 343 g/mol. The van der Waals surface area contributed by atoms with Crippen molar-refractivity contribution < 1.29 is 14.7 Å². The smallest absolute Gasteiger partial charge is 0.306 e. The molecule has 1 aromatic rings. The highest BCUT2D eigenvalue weighted by molar-refractivity contribution is 5.98. The molecule has 1 aliphatic carbocycles. The number of benzene rings is 1. The fraction of sp³-hybridized carbons (Fsp3) is 0.526. The predicted molar refractivity (Wildman–Crippen MR) is 94.6 cm³/mol. The highest BCUT2D eigenvalue weighted by Gasteiger charge is 2.40. The van der Waals surface area contributed by atoms with E-state index in [-0.39, 0.29) is 23.1 Å². The number of nitrogens with two attached hydrogens (primary N) is 1. The van der Waals surface area contributed by atoms with Crippen molar-refractivity contribution in [3.63, 3.8) is 0 Å². The molecule has 1 aromatic carbocycles. The standard InChI is InChI=1S/C19H25N3O3/c20-16(21)13-1-3-14(4-2-13)17(23)22-11-9-19(10-12-22)7-5-15(6-8-19)18(24)25/h1-4,15H,5-12H2,(H3,20,21)(H,24,25). The van der Waals surface area contributed by atoms with Gasteiger partial charge < -0.3 is 15.7 Å². The number of amidine groups is 1. The Morgan fingerprint density at radius 2 is 1.56 bits per heavy atom. The molecule has 1 spiro atoms. The van der Waals surface area contributed by atoms with Crippen LogP contribution in [0.15, 0.2) is 24.3 Å². The summed E-state index contributed by atoms with van der Waals surface area (Å²) in [6.07, 6.45) is 5.34. The zero-order chi connectivity index (χ0) is 18.0. The third-order valence-electron chi connectivity index (χ3n) is 5.95. The van der Waals surface area contributed by atoms with Crippen LogP contribution in [0.1, 0.15) is 54.4 Å². The van der Waals surface area contributed by atoms with Gasteiger partial charge in [0.1, 0.15) is 5.84 Å². The first-order valence-corrected chi connectivity index (χ1v) is 8.87. The molecule has 134 valence electrons. The quantitative estimate of drug-likeness (QED) is 0.579. The van der Waals surface area contributed by atoms with E-state index in [1.54, 1.807) is 24.3 Å². The number of carbonyl (C=O) groups excluding carboxylic acids is 1. The van der Waals surface area contributed by atoms with E-state index in [4.69, 9.17) is 16.2 Å². The van der Waals surface area contributed by atoms with Gasteiger partial charge in [0, 0.05) is 24.2 Å². The summed E-state index contributed by atoms with van der Waals surface area (Å²) in [4.78, 5) is 25.7. The minimum Gasteiger partial charge on any atom is -0.481 e. The Kier molecular flexibility index (Phi) is 4.79. The molecule has 6 heteroatoms. The minimum atomic E-state index is -0.670. The second kappa shape index (κ2) is 6.86. The molecule has 3 rings (SSSR count). The fourth-order valence-corrected chi connectivity index (χ4v) is 4.14. The van der Waals surface area contributed by atoms with Gasteiger partial charge in [-0.25, -0.2) is 0 Å². The van der Waals surface area contributed by atoms with Crippen molar-refractivity contribution in [1.29, 1.82) is 5.41 Å². The first kappa shape index (κ1) is 17.5. The number of carboxylic acids is 1. The van der Waals surface area contributed by atoms with Crippen molar-refractivity contribution in [3.05, 3.63) is 35.4 Å². The normalized spacial score (nSPS) is 20.4. The molecule has 1 heterocycles. The first-order chi connectivity index (χ1) is 11.9. The van der Waals surface area contributed by atoms with Gasteiger partial charge in [0.05, 0.1) is 5.92 Å². The summed E-state index contributed by atoms with van der Waals surface area (Å²) >= 11 is 0. The molecular weight excluding hydrogens is 318 g/mol. The lowest BCUT2D eigenvalue weighted by Crippen LogP contribution is -2.45. The summed E-state index contributed by atoms with van der Waals surface area (Å²) in [6.45, 7) is 1.45. The number of nitrogen functional groups attached to an aromatic ring is 1. The average Bonchev–Trinajstić information content (AvgIpc) is 2.62. The molecule has 2 aliphatic rings. The number of likely N-dealkylation sites (tertiary alicyclic amines) is 1. The molecule has 1 saturated carbocycles. The second-order valence-electron chi connectivity index (χ2n) is 7.40. The van der Waals surface area contributed by atoms with Crippen molar-refractivity contribution in [2.24, 2.45) is 17.1 Å². The SMILES string of the molecule is N=C(N)c1ccc(C(=O)N2CCC3(CCC(C(=O)O)CC3)CC2)cc1. The summed E-state index contributed by atoms with van der Waals surface area (Å²) < 4.78 is 0. The van der Waals surface area contributed by atoms with Crippen LogP contribution in [0.2, 0.25) is 0 Å². The minimum absolute atomic E-state index is 0.00382. The number of nitrogens with one attached hydrogen (secondary N) is 1. The van der Waals surface area contributed by atoms with Crippen LogP contribution < -0.4 is 5.73 Å². The molecule has 6 nitrogen and oxygen atoms in total. The molecule has 0 unspecified atom stereocenters. The molecule has 4 N–H and O–H groups in total. The third-order valence-corrected chi connectivity index (χ3v) is 5.95. The van der Waals surface area contributed by atoms with E-state index in [0.29, 0.717) is 11.1 Å². The summed E-state index contributed by atoms with van der Waals surface area (Å²) in [7, 11) is 0. The zero-order valence-corrected chi connectivity index (χ0v) is 14.3. The van der Waals surface area contributed by atoms with Crippen molar-refractivity contribution in [3.8, 4) is 0 Å². The van der Waals surface area contributed by atoms with Crippen LogP contribution in [0.5, 0.6) is 0 Å². The van der Waals surface area contributed by atoms with Gasteiger partial charge in [-0.3, -0.25) is 15.0 Å². The van der Waals surface area contributed by atoms with Crippen LogP contribution in [0, 0.1) is 16.7 Å². The van der Waals surface area contributed by atoms with Gasteiger partial charge in [-0.1, -0.05) is 12.1 Å². The highest BCUT2D eigenvalue weighted by atomic mass is 16.4. The van der Waals surface area contributed by atoms with E-state index in [2.05, 4.69) is 0 Å². The van der Waals surface area contributed by atoms with Crippen molar-refractivity contribution >= 4 is 17.7 Å². The topological polar surface area (TPSA) is 107 Å². The maximum absolute atomic E-state index is 12.7. The molecule has 0 radical (unpaired) electrons. The van der Waals surface area contributed by atoms with Gasteiger partial charge in [-0.2, -0.15) is 0 Å². The number of carboxylic acid groups (broad SMARTS) is 1. The number of piperidine rings is 1. The summed E-state index contributed by atoms with van der Waals surface area (Å²) in [6, 6.07) is 6.85. The second-order valence-corrected chi connectivity index (χ2v) is 7.40. The van der Waals surface area contributed by atoms with Gasteiger partial charge in [0.2, 0.25) is 0 Å². The van der Waals surface area contributed by atoms with E-state index in [0.717, 1.165) is 51.6 Å². The van der Waals surface area contributed by atoms with Gasteiger partial charge in [-0.15, -0.1) is 0 Å². The van der Waals surface area contributed by atoms with Gasteiger partial charge in [-0.05, 0) is 56.1 Å². The number of hydrogen-bond donors (Lipinski definition) is 3. The lowest BCUT2D eigenvalue weighted by Gasteiger charge is -2.45. The van der Waals surface area contributed by atoms with Crippen LogP contribution in [0.4, 0.5) is 0 Å². The van der Waals surface area contributed by atoms with E-state index >= 15 is 0 Å². The summed E-state index contributed by atoms with van der Waals surface area (Å²) in [5.41, 5.74) is 6.90. The molecule has 25 heavy (non-hydrogen) atoms. The molecule has 2 fully saturated rings. The lowest BCUT2D eigenvalue weighted by molar-refractivity contribution is -0.143. The Morgan fingerprint density at radius 1 is 1.04 bits per heavy atom. The largest absolute Gasteiger partial charge is 0.481 e. The van der Waals surface area contributed by atoms with Crippen LogP contribution in [-0.4, -0.2) is 40.8 Å². The van der Waals surface area contributed by atoms with Crippen LogP contribution in [0.25, 0.3) is 0 Å². The molecule has 1 aliphatic heterocycles. The Hall–Kier alpha value is -2.37. The van der Waals surface area contributed by atoms with Crippen LogP contribution in [-0.2, 0) is 4.79 Å². The van der Waals surface area contributed by atoms with Crippen molar-refractivity contribution in [1.82, 2.24) is 4.90 Å². The van der Waals surface area contributed by atoms with Gasteiger partial charge >= 0.3 is 5.97 Å². The summed E-state index contributed by atoms with van der Waals surface area (Å²) in [5, 5.41) is 16.6. The lowest BCUT2D eigenvalue weighted by atomic mass is 9.65. The number of amides is 1.